The number of halogens is 1. The van der Waals surface area contributed by atoms with Crippen molar-refractivity contribution in [3.05, 3.63) is 65.5 Å². The van der Waals surface area contributed by atoms with Crippen LogP contribution in [0, 0.1) is 5.82 Å². The molecule has 0 spiro atoms. The Bertz CT molecular complexity index is 510. The molecular formula is C15H16FNS. The molecule has 0 fully saturated rings. The smallest absolute Gasteiger partial charge is 0.123 e. The third kappa shape index (κ3) is 3.34. The van der Waals surface area contributed by atoms with E-state index in [1.54, 1.807) is 17.8 Å². The largest absolute Gasteiger partial charge is 0.324 e. The molecule has 0 saturated heterocycles. The summed E-state index contributed by atoms with van der Waals surface area (Å²) in [5, 5.41) is 0. The van der Waals surface area contributed by atoms with Crippen LogP contribution in [0.1, 0.15) is 17.2 Å². The Morgan fingerprint density at radius 3 is 2.50 bits per heavy atom. The Hall–Kier alpha value is -1.32. The first-order valence-corrected chi connectivity index (χ1v) is 7.05. The highest BCUT2D eigenvalue weighted by molar-refractivity contribution is 7.98. The van der Waals surface area contributed by atoms with Crippen LogP contribution in [0.2, 0.25) is 0 Å². The van der Waals surface area contributed by atoms with Crippen LogP contribution in [0.15, 0.2) is 53.4 Å². The van der Waals surface area contributed by atoms with Gasteiger partial charge in [0.05, 0.1) is 0 Å². The van der Waals surface area contributed by atoms with E-state index in [0.717, 1.165) is 11.1 Å². The van der Waals surface area contributed by atoms with Gasteiger partial charge in [-0.05, 0) is 48.1 Å². The number of rotatable bonds is 4. The highest BCUT2D eigenvalue weighted by atomic mass is 32.2. The van der Waals surface area contributed by atoms with Gasteiger partial charge in [-0.15, -0.1) is 11.8 Å². The van der Waals surface area contributed by atoms with Crippen molar-refractivity contribution in [3.63, 3.8) is 0 Å². The van der Waals surface area contributed by atoms with Crippen molar-refractivity contribution >= 4 is 11.8 Å². The van der Waals surface area contributed by atoms with Crippen LogP contribution in [0.4, 0.5) is 4.39 Å². The summed E-state index contributed by atoms with van der Waals surface area (Å²) in [6, 6.07) is 14.7. The van der Waals surface area contributed by atoms with Gasteiger partial charge in [0.1, 0.15) is 5.82 Å². The Balaban J connectivity index is 2.09. The molecule has 2 N–H and O–H groups in total. The first kappa shape index (κ1) is 13.1. The average molecular weight is 261 g/mol. The summed E-state index contributed by atoms with van der Waals surface area (Å²) in [5.41, 5.74) is 8.15. The Morgan fingerprint density at radius 2 is 1.89 bits per heavy atom. The monoisotopic (exact) mass is 261 g/mol. The van der Waals surface area contributed by atoms with E-state index >= 15 is 0 Å². The van der Waals surface area contributed by atoms with Crippen molar-refractivity contribution < 1.29 is 4.39 Å². The molecule has 0 radical (unpaired) electrons. The van der Waals surface area contributed by atoms with Gasteiger partial charge in [0.15, 0.2) is 0 Å². The second-order valence-corrected chi connectivity index (χ2v) is 5.09. The minimum absolute atomic E-state index is 0.0947. The van der Waals surface area contributed by atoms with E-state index in [9.17, 15) is 4.39 Å². The summed E-state index contributed by atoms with van der Waals surface area (Å²) < 4.78 is 13.1. The predicted molar refractivity (Wildman–Crippen MR) is 75.3 cm³/mol. The molecule has 0 saturated carbocycles. The zero-order valence-electron chi connectivity index (χ0n) is 10.3. The van der Waals surface area contributed by atoms with E-state index in [0.29, 0.717) is 6.42 Å². The predicted octanol–water partition coefficient (Wildman–Crippen LogP) is 3.79. The van der Waals surface area contributed by atoms with Crippen LogP contribution in [0.3, 0.4) is 0 Å². The summed E-state index contributed by atoms with van der Waals surface area (Å²) in [6.45, 7) is 0. The van der Waals surface area contributed by atoms with Crippen LogP contribution >= 0.6 is 11.8 Å². The van der Waals surface area contributed by atoms with E-state index in [-0.39, 0.29) is 11.9 Å². The molecule has 0 bridgehead atoms. The Morgan fingerprint density at radius 1 is 1.17 bits per heavy atom. The Labute approximate surface area is 111 Å². The zero-order valence-corrected chi connectivity index (χ0v) is 11.1. The van der Waals surface area contributed by atoms with Crippen molar-refractivity contribution in [2.45, 2.75) is 17.4 Å². The van der Waals surface area contributed by atoms with Crippen molar-refractivity contribution in [1.29, 1.82) is 0 Å². The molecule has 3 heteroatoms. The lowest BCUT2D eigenvalue weighted by Crippen LogP contribution is -2.13. The maximum atomic E-state index is 13.1. The van der Waals surface area contributed by atoms with E-state index in [1.807, 2.05) is 24.5 Å². The first-order valence-electron chi connectivity index (χ1n) is 5.83. The standard InChI is InChI=1S/C15H16FNS/c1-18-14-7-5-12(6-8-14)15(17)10-11-3-2-4-13(16)9-11/h2-9,15H,10,17H2,1H3. The van der Waals surface area contributed by atoms with Crippen molar-refractivity contribution in [3.8, 4) is 0 Å². The lowest BCUT2D eigenvalue weighted by atomic mass is 10.00. The van der Waals surface area contributed by atoms with Crippen LogP contribution in [-0.2, 0) is 6.42 Å². The summed E-state index contributed by atoms with van der Waals surface area (Å²) in [7, 11) is 0. The molecule has 0 aliphatic heterocycles. The SMILES string of the molecule is CSc1ccc(C(N)Cc2cccc(F)c2)cc1. The van der Waals surface area contributed by atoms with Gasteiger partial charge in [-0.2, -0.15) is 0 Å². The number of benzene rings is 2. The molecule has 1 nitrogen and oxygen atoms in total. The second kappa shape index (κ2) is 6.03. The minimum Gasteiger partial charge on any atom is -0.324 e. The second-order valence-electron chi connectivity index (χ2n) is 4.21. The number of hydrogen-bond acceptors (Lipinski definition) is 2. The van der Waals surface area contributed by atoms with E-state index in [2.05, 4.69) is 12.1 Å². The molecule has 0 amide bonds. The van der Waals surface area contributed by atoms with Crippen molar-refractivity contribution in [2.24, 2.45) is 5.73 Å². The molecule has 94 valence electrons. The summed E-state index contributed by atoms with van der Waals surface area (Å²) >= 11 is 1.70. The van der Waals surface area contributed by atoms with Gasteiger partial charge in [0.25, 0.3) is 0 Å². The molecule has 1 atom stereocenters. The maximum Gasteiger partial charge on any atom is 0.123 e. The molecule has 2 aromatic rings. The summed E-state index contributed by atoms with van der Waals surface area (Å²) in [5.74, 6) is -0.211. The first-order chi connectivity index (χ1) is 8.69. The molecule has 0 heterocycles. The molecule has 2 aromatic carbocycles. The van der Waals surface area contributed by atoms with Crippen molar-refractivity contribution in [2.75, 3.05) is 6.26 Å². The lowest BCUT2D eigenvalue weighted by molar-refractivity contribution is 0.622. The highest BCUT2D eigenvalue weighted by Crippen LogP contribution is 2.20. The van der Waals surface area contributed by atoms with Gasteiger partial charge in [0.2, 0.25) is 0 Å². The van der Waals surface area contributed by atoms with Crippen LogP contribution in [0.25, 0.3) is 0 Å². The molecular weight excluding hydrogens is 245 g/mol. The molecule has 0 aliphatic carbocycles. The fourth-order valence-electron chi connectivity index (χ4n) is 1.89. The van der Waals surface area contributed by atoms with Gasteiger partial charge in [-0.3, -0.25) is 0 Å². The number of nitrogens with two attached hydrogens (primary N) is 1. The van der Waals surface area contributed by atoms with Gasteiger partial charge in [0, 0.05) is 10.9 Å². The molecule has 2 rings (SSSR count). The zero-order chi connectivity index (χ0) is 13.0. The molecule has 18 heavy (non-hydrogen) atoms. The van der Waals surface area contributed by atoms with Crippen molar-refractivity contribution in [1.82, 2.24) is 0 Å². The van der Waals surface area contributed by atoms with E-state index < -0.39 is 0 Å². The van der Waals surface area contributed by atoms with Gasteiger partial charge in [-0.1, -0.05) is 24.3 Å². The molecule has 0 aliphatic rings. The quantitative estimate of drug-likeness (QED) is 0.847. The van der Waals surface area contributed by atoms with E-state index in [4.69, 9.17) is 5.73 Å². The normalized spacial score (nSPS) is 12.4. The fourth-order valence-corrected chi connectivity index (χ4v) is 2.30. The summed E-state index contributed by atoms with van der Waals surface area (Å²) in [4.78, 5) is 1.22. The molecule has 0 aromatic heterocycles. The summed E-state index contributed by atoms with van der Waals surface area (Å²) in [6.07, 6.45) is 2.69. The number of hydrogen-bond donors (Lipinski definition) is 1. The van der Waals surface area contributed by atoms with Crippen LogP contribution in [-0.4, -0.2) is 6.26 Å². The fraction of sp³-hybridized carbons (Fsp3) is 0.200. The Kier molecular flexibility index (Phi) is 4.39. The molecule has 1 unspecified atom stereocenters. The lowest BCUT2D eigenvalue weighted by Gasteiger charge is -2.12. The van der Waals surface area contributed by atoms with Crippen LogP contribution in [0.5, 0.6) is 0 Å². The highest BCUT2D eigenvalue weighted by Gasteiger charge is 2.07. The maximum absolute atomic E-state index is 13.1. The van der Waals surface area contributed by atoms with E-state index in [1.165, 1.54) is 17.0 Å². The van der Waals surface area contributed by atoms with Crippen LogP contribution < -0.4 is 5.73 Å². The third-order valence-corrected chi connectivity index (χ3v) is 3.63. The average Bonchev–Trinajstić information content (AvgIpc) is 2.39. The van der Waals surface area contributed by atoms with Gasteiger partial charge >= 0.3 is 0 Å². The van der Waals surface area contributed by atoms with Gasteiger partial charge in [-0.25, -0.2) is 4.39 Å². The minimum atomic E-state index is -0.211. The third-order valence-electron chi connectivity index (χ3n) is 2.89. The van der Waals surface area contributed by atoms with Gasteiger partial charge < -0.3 is 5.73 Å². The topological polar surface area (TPSA) is 26.0 Å². The number of thioether (sulfide) groups is 1.